The smallest absolute Gasteiger partial charge is 0.0503 e. The fourth-order valence-electron chi connectivity index (χ4n) is 9.03. The van der Waals surface area contributed by atoms with Gasteiger partial charge in [-0.25, -0.2) is 0 Å². The molecule has 0 atom stereocenters. The summed E-state index contributed by atoms with van der Waals surface area (Å²) in [5.74, 6) is 0. The topological polar surface area (TPSA) is 9.72 Å². The summed E-state index contributed by atoms with van der Waals surface area (Å²) < 4.78 is 0. The van der Waals surface area contributed by atoms with E-state index in [-0.39, 0.29) is 5.41 Å². The van der Waals surface area contributed by atoms with Crippen molar-refractivity contribution in [2.45, 2.75) is 26.2 Å². The molecule has 0 saturated heterocycles. The fourth-order valence-corrected chi connectivity index (χ4v) is 9.03. The van der Waals surface area contributed by atoms with Gasteiger partial charge >= 0.3 is 0 Å². The van der Waals surface area contributed by atoms with Crippen molar-refractivity contribution in [2.75, 3.05) is 14.7 Å². The van der Waals surface area contributed by atoms with Gasteiger partial charge in [0.2, 0.25) is 0 Å². The van der Waals surface area contributed by atoms with Gasteiger partial charge in [-0.2, -0.15) is 0 Å². The summed E-state index contributed by atoms with van der Waals surface area (Å²) in [4.78, 5) is 7.18. The van der Waals surface area contributed by atoms with Crippen LogP contribution in [0, 0.1) is 6.92 Å². The molecule has 0 heterocycles. The molecule has 1 aliphatic carbocycles. The van der Waals surface area contributed by atoms with Crippen LogP contribution in [0.2, 0.25) is 0 Å². The maximum atomic E-state index is 2.45. The zero-order valence-corrected chi connectivity index (χ0v) is 33.6. The average molecular weight is 760 g/mol. The largest absolute Gasteiger partial charge is 0.310 e. The van der Waals surface area contributed by atoms with E-state index in [9.17, 15) is 0 Å². The normalized spacial score (nSPS) is 12.5. The van der Waals surface area contributed by atoms with Gasteiger partial charge in [0.15, 0.2) is 0 Å². The molecule has 0 unspecified atom stereocenters. The summed E-state index contributed by atoms with van der Waals surface area (Å²) in [5.41, 5.74) is 16.2. The van der Waals surface area contributed by atoms with Crippen molar-refractivity contribution in [1.29, 1.82) is 0 Å². The number of hydrogen-bond acceptors (Lipinski definition) is 3. The van der Waals surface area contributed by atoms with Crippen molar-refractivity contribution in [3.05, 3.63) is 235 Å². The standard InChI is InChI=1S/C56H45N3/c1-40-19-18-30-53-55(40)52-34-33-48(39-54(52)56(53,2)3)59(47-32-31-41-20-16-17-21-42(41)35-47)51-37-49(57(43-22-8-4-9-23-43)44-24-10-5-11-25-44)36-50(38-51)58(45-26-12-6-13-27-45)46-28-14-7-15-29-46/h4-39H,1-3H3. The third-order valence-corrected chi connectivity index (χ3v) is 11.9. The first-order valence-corrected chi connectivity index (χ1v) is 20.4. The van der Waals surface area contributed by atoms with Crippen LogP contribution >= 0.6 is 0 Å². The van der Waals surface area contributed by atoms with E-state index in [2.05, 4.69) is 254 Å². The van der Waals surface area contributed by atoms with E-state index in [4.69, 9.17) is 0 Å². The van der Waals surface area contributed by atoms with Gasteiger partial charge in [0.05, 0.1) is 17.1 Å². The lowest BCUT2D eigenvalue weighted by atomic mass is 9.82. The van der Waals surface area contributed by atoms with Crippen LogP contribution in [-0.4, -0.2) is 0 Å². The van der Waals surface area contributed by atoms with Crippen LogP contribution in [0.15, 0.2) is 218 Å². The number of hydrogen-bond donors (Lipinski definition) is 0. The lowest BCUT2D eigenvalue weighted by Gasteiger charge is -2.33. The number of benzene rings is 9. The van der Waals surface area contributed by atoms with Gasteiger partial charge in [-0.1, -0.05) is 141 Å². The third kappa shape index (κ3) is 6.51. The van der Waals surface area contributed by atoms with Crippen LogP contribution in [-0.2, 0) is 5.41 Å². The van der Waals surface area contributed by atoms with Gasteiger partial charge in [0.25, 0.3) is 0 Å². The molecule has 0 saturated carbocycles. The Kier molecular flexibility index (Phi) is 9.07. The Hall–Kier alpha value is -7.36. The SMILES string of the molecule is Cc1cccc2c1-c1ccc(N(c3cc(N(c4ccccc4)c4ccccc4)cc(N(c4ccccc4)c4ccccc4)c3)c3ccc4ccccc4c3)cc1C2(C)C. The summed E-state index contributed by atoms with van der Waals surface area (Å²) in [6.45, 7) is 6.98. The Morgan fingerprint density at radius 3 is 1.24 bits per heavy atom. The van der Waals surface area contributed by atoms with Crippen LogP contribution in [0.3, 0.4) is 0 Å². The molecule has 0 bridgehead atoms. The van der Waals surface area contributed by atoms with Crippen LogP contribution in [0.25, 0.3) is 21.9 Å². The Bertz CT molecular complexity index is 2740. The van der Waals surface area contributed by atoms with Crippen LogP contribution in [0.4, 0.5) is 51.2 Å². The first kappa shape index (κ1) is 36.0. The second-order valence-corrected chi connectivity index (χ2v) is 15.9. The molecular weight excluding hydrogens is 715 g/mol. The van der Waals surface area contributed by atoms with Gasteiger partial charge in [0.1, 0.15) is 0 Å². The molecule has 1 aliphatic rings. The maximum Gasteiger partial charge on any atom is 0.0503 e. The number of aryl methyl sites for hydroxylation is 1. The van der Waals surface area contributed by atoms with E-state index in [1.807, 2.05) is 0 Å². The van der Waals surface area contributed by atoms with E-state index in [0.29, 0.717) is 0 Å². The zero-order chi connectivity index (χ0) is 39.9. The second kappa shape index (κ2) is 14.9. The van der Waals surface area contributed by atoms with E-state index >= 15 is 0 Å². The van der Waals surface area contributed by atoms with Crippen molar-refractivity contribution in [2.24, 2.45) is 0 Å². The van der Waals surface area contributed by atoms with Gasteiger partial charge in [-0.3, -0.25) is 0 Å². The Morgan fingerprint density at radius 1 is 0.305 bits per heavy atom. The lowest BCUT2D eigenvalue weighted by molar-refractivity contribution is 0.660. The van der Waals surface area contributed by atoms with Gasteiger partial charge in [0, 0.05) is 39.5 Å². The molecule has 10 rings (SSSR count). The molecule has 0 fully saturated rings. The Morgan fingerprint density at radius 2 is 0.729 bits per heavy atom. The minimum atomic E-state index is -0.163. The first-order valence-electron chi connectivity index (χ1n) is 20.4. The highest BCUT2D eigenvalue weighted by Crippen LogP contribution is 2.53. The molecule has 3 nitrogen and oxygen atoms in total. The van der Waals surface area contributed by atoms with E-state index in [1.165, 1.54) is 38.6 Å². The van der Waals surface area contributed by atoms with Crippen molar-refractivity contribution in [3.8, 4) is 11.1 Å². The Balaban J connectivity index is 1.27. The second-order valence-electron chi connectivity index (χ2n) is 15.9. The summed E-state index contributed by atoms with van der Waals surface area (Å²) in [5, 5.41) is 2.41. The highest BCUT2D eigenvalue weighted by atomic mass is 15.2. The molecule has 0 spiro atoms. The maximum absolute atomic E-state index is 2.45. The Labute approximate surface area is 347 Å². The minimum absolute atomic E-state index is 0.163. The number of anilines is 9. The minimum Gasteiger partial charge on any atom is -0.310 e. The fraction of sp³-hybridized carbons (Fsp3) is 0.0714. The van der Waals surface area contributed by atoms with Crippen LogP contribution in [0.1, 0.15) is 30.5 Å². The molecule has 9 aromatic rings. The summed E-state index contributed by atoms with van der Waals surface area (Å²) in [6, 6.07) is 79.1. The van der Waals surface area contributed by atoms with Crippen molar-refractivity contribution in [3.63, 3.8) is 0 Å². The molecule has 0 N–H and O–H groups in total. The van der Waals surface area contributed by atoms with Gasteiger partial charge in [-0.15, -0.1) is 0 Å². The third-order valence-electron chi connectivity index (χ3n) is 11.9. The van der Waals surface area contributed by atoms with Gasteiger partial charge < -0.3 is 14.7 Å². The van der Waals surface area contributed by atoms with Crippen molar-refractivity contribution >= 4 is 62.0 Å². The van der Waals surface area contributed by atoms with E-state index < -0.39 is 0 Å². The van der Waals surface area contributed by atoms with Crippen LogP contribution < -0.4 is 14.7 Å². The predicted molar refractivity (Wildman–Crippen MR) is 250 cm³/mol. The summed E-state index contributed by atoms with van der Waals surface area (Å²) >= 11 is 0. The molecule has 0 aromatic heterocycles. The molecule has 0 aliphatic heterocycles. The van der Waals surface area contributed by atoms with E-state index in [1.54, 1.807) is 0 Å². The number of rotatable bonds is 9. The highest BCUT2D eigenvalue weighted by Gasteiger charge is 2.37. The zero-order valence-electron chi connectivity index (χ0n) is 33.6. The lowest BCUT2D eigenvalue weighted by Crippen LogP contribution is -2.18. The molecule has 9 aromatic carbocycles. The number of nitrogens with zero attached hydrogens (tertiary/aromatic N) is 3. The number of para-hydroxylation sites is 4. The molecule has 3 heteroatoms. The summed E-state index contributed by atoms with van der Waals surface area (Å²) in [7, 11) is 0. The average Bonchev–Trinajstić information content (AvgIpc) is 3.51. The van der Waals surface area contributed by atoms with Crippen molar-refractivity contribution < 1.29 is 0 Å². The van der Waals surface area contributed by atoms with Gasteiger partial charge in [-0.05, 0) is 137 Å². The van der Waals surface area contributed by atoms with Crippen molar-refractivity contribution in [1.82, 2.24) is 0 Å². The number of fused-ring (bicyclic) bond motifs is 4. The van der Waals surface area contributed by atoms with Crippen LogP contribution in [0.5, 0.6) is 0 Å². The predicted octanol–water partition coefficient (Wildman–Crippen LogP) is 15.9. The first-order chi connectivity index (χ1) is 28.9. The molecule has 284 valence electrons. The quantitative estimate of drug-likeness (QED) is 0.145. The molecule has 59 heavy (non-hydrogen) atoms. The molecule has 0 amide bonds. The molecule has 0 radical (unpaired) electrons. The monoisotopic (exact) mass is 759 g/mol. The molecular formula is C56H45N3. The van der Waals surface area contributed by atoms with E-state index in [0.717, 1.165) is 51.2 Å². The highest BCUT2D eigenvalue weighted by molar-refractivity contribution is 5.94. The summed E-state index contributed by atoms with van der Waals surface area (Å²) in [6.07, 6.45) is 0.